The molecule has 156 valence electrons. The molecule has 2 heterocycles. The van der Waals surface area contributed by atoms with Gasteiger partial charge in [-0.3, -0.25) is 4.98 Å². The summed E-state index contributed by atoms with van der Waals surface area (Å²) in [6.07, 6.45) is 3.49. The summed E-state index contributed by atoms with van der Waals surface area (Å²) in [5.74, 6) is -0.514. The van der Waals surface area contributed by atoms with Crippen molar-refractivity contribution < 1.29 is 19.4 Å². The summed E-state index contributed by atoms with van der Waals surface area (Å²) < 4.78 is 10.9. The molecule has 1 atom stereocenters. The number of ether oxygens (including phenoxy) is 2. The largest absolute Gasteiger partial charge is 0.462 e. The number of nitrogens with two attached hydrogens (primary N) is 1. The third-order valence-electron chi connectivity index (χ3n) is 4.93. The van der Waals surface area contributed by atoms with Crippen LogP contribution in [-0.4, -0.2) is 45.8 Å². The Morgan fingerprint density at radius 3 is 2.86 bits per heavy atom. The first-order chi connectivity index (χ1) is 13.9. The van der Waals surface area contributed by atoms with Gasteiger partial charge in [0, 0.05) is 29.6 Å². The van der Waals surface area contributed by atoms with Gasteiger partial charge in [0.25, 0.3) is 0 Å². The summed E-state index contributed by atoms with van der Waals surface area (Å²) in [7, 11) is 0. The lowest BCUT2D eigenvalue weighted by atomic mass is 9.72. The topological polar surface area (TPSA) is 120 Å². The third kappa shape index (κ3) is 4.60. The standard InChI is InChI=1S/C21H28N4O4/c1-4-29-20(27)19-15(11-28-8-6-22)25-14-9-21(2,3)10-16(26)17(14)18(19)13-5-7-23-12-24-13/h5,7,12,16,26H,4,6,8-11,22H2,1-3H3. The van der Waals surface area contributed by atoms with Crippen molar-refractivity contribution in [3.8, 4) is 11.3 Å². The zero-order valence-electron chi connectivity index (χ0n) is 17.1. The number of hydrogen-bond acceptors (Lipinski definition) is 8. The maximum atomic E-state index is 12.9. The number of rotatable bonds is 7. The Kier molecular flexibility index (Phi) is 6.56. The first-order valence-electron chi connectivity index (χ1n) is 9.83. The summed E-state index contributed by atoms with van der Waals surface area (Å²) in [6.45, 7) is 6.98. The third-order valence-corrected chi connectivity index (χ3v) is 4.93. The molecule has 1 aliphatic rings. The van der Waals surface area contributed by atoms with Crippen LogP contribution < -0.4 is 5.73 Å². The molecule has 2 aromatic rings. The number of fused-ring (bicyclic) bond motifs is 1. The van der Waals surface area contributed by atoms with E-state index in [0.717, 1.165) is 5.69 Å². The highest BCUT2D eigenvalue weighted by Crippen LogP contribution is 2.45. The lowest BCUT2D eigenvalue weighted by Gasteiger charge is -2.36. The van der Waals surface area contributed by atoms with Crippen LogP contribution in [0.1, 0.15) is 60.6 Å². The van der Waals surface area contributed by atoms with Crippen LogP contribution in [-0.2, 0) is 22.5 Å². The number of aliphatic hydroxyl groups excluding tert-OH is 1. The number of esters is 1. The molecule has 1 unspecified atom stereocenters. The van der Waals surface area contributed by atoms with E-state index in [1.165, 1.54) is 6.33 Å². The molecule has 3 N–H and O–H groups in total. The predicted molar refractivity (Wildman–Crippen MR) is 107 cm³/mol. The van der Waals surface area contributed by atoms with Crippen molar-refractivity contribution in [1.82, 2.24) is 15.0 Å². The smallest absolute Gasteiger partial charge is 0.340 e. The van der Waals surface area contributed by atoms with Gasteiger partial charge in [0.1, 0.15) is 6.33 Å². The average Bonchev–Trinajstić information content (AvgIpc) is 2.67. The van der Waals surface area contributed by atoms with Crippen molar-refractivity contribution in [3.05, 3.63) is 41.1 Å². The van der Waals surface area contributed by atoms with Gasteiger partial charge in [-0.1, -0.05) is 13.8 Å². The molecule has 0 radical (unpaired) electrons. The summed E-state index contributed by atoms with van der Waals surface area (Å²) in [4.78, 5) is 26.0. The number of aliphatic hydroxyl groups is 1. The minimum Gasteiger partial charge on any atom is -0.462 e. The molecule has 29 heavy (non-hydrogen) atoms. The van der Waals surface area contributed by atoms with Crippen molar-refractivity contribution >= 4 is 5.97 Å². The molecular formula is C21H28N4O4. The fourth-order valence-corrected chi connectivity index (χ4v) is 3.83. The lowest BCUT2D eigenvalue weighted by molar-refractivity contribution is 0.0517. The maximum Gasteiger partial charge on any atom is 0.340 e. The van der Waals surface area contributed by atoms with Gasteiger partial charge in [0.05, 0.1) is 42.9 Å². The van der Waals surface area contributed by atoms with Crippen LogP contribution >= 0.6 is 0 Å². The van der Waals surface area contributed by atoms with Gasteiger partial charge < -0.3 is 20.3 Å². The predicted octanol–water partition coefficient (Wildman–Crippen LogP) is 2.20. The van der Waals surface area contributed by atoms with E-state index in [2.05, 4.69) is 23.8 Å². The lowest BCUT2D eigenvalue weighted by Crippen LogP contribution is -2.29. The minimum atomic E-state index is -0.765. The second-order valence-corrected chi connectivity index (χ2v) is 7.89. The van der Waals surface area contributed by atoms with Crippen LogP contribution in [0.2, 0.25) is 0 Å². The number of aromatic nitrogens is 3. The Bertz CT molecular complexity index is 871. The van der Waals surface area contributed by atoms with Crippen LogP contribution in [0.4, 0.5) is 0 Å². The number of nitrogens with zero attached hydrogens (tertiary/aromatic N) is 3. The molecule has 0 spiro atoms. The molecule has 0 aliphatic heterocycles. The van der Waals surface area contributed by atoms with Gasteiger partial charge >= 0.3 is 5.97 Å². The number of carbonyl (C=O) groups excluding carboxylic acids is 1. The maximum absolute atomic E-state index is 12.9. The number of carbonyl (C=O) groups is 1. The highest BCUT2D eigenvalue weighted by atomic mass is 16.5. The van der Waals surface area contributed by atoms with Crippen molar-refractivity contribution in [2.45, 2.75) is 46.3 Å². The molecule has 0 amide bonds. The summed E-state index contributed by atoms with van der Waals surface area (Å²) in [5, 5.41) is 11.0. The quantitative estimate of drug-likeness (QED) is 0.536. The van der Waals surface area contributed by atoms with Gasteiger partial charge in [0.2, 0.25) is 0 Å². The van der Waals surface area contributed by atoms with E-state index in [1.54, 1.807) is 19.2 Å². The average molecular weight is 400 g/mol. The van der Waals surface area contributed by atoms with Crippen LogP contribution in [0.3, 0.4) is 0 Å². The molecule has 8 heteroatoms. The van der Waals surface area contributed by atoms with E-state index in [-0.39, 0.29) is 24.2 Å². The van der Waals surface area contributed by atoms with Crippen molar-refractivity contribution in [2.24, 2.45) is 11.1 Å². The van der Waals surface area contributed by atoms with E-state index >= 15 is 0 Å². The molecule has 1 aliphatic carbocycles. The van der Waals surface area contributed by atoms with Crippen LogP contribution in [0.15, 0.2) is 18.6 Å². The Morgan fingerprint density at radius 2 is 2.21 bits per heavy atom. The fourth-order valence-electron chi connectivity index (χ4n) is 3.83. The molecule has 2 aromatic heterocycles. The van der Waals surface area contributed by atoms with Crippen LogP contribution in [0.25, 0.3) is 11.3 Å². The molecule has 0 saturated carbocycles. The monoisotopic (exact) mass is 400 g/mol. The van der Waals surface area contributed by atoms with Gasteiger partial charge in [-0.25, -0.2) is 14.8 Å². The molecule has 0 saturated heterocycles. The first-order valence-corrected chi connectivity index (χ1v) is 9.83. The van der Waals surface area contributed by atoms with Gasteiger partial charge in [0.15, 0.2) is 0 Å². The van der Waals surface area contributed by atoms with Gasteiger partial charge in [-0.05, 0) is 31.2 Å². The molecule has 8 nitrogen and oxygen atoms in total. The van der Waals surface area contributed by atoms with E-state index in [9.17, 15) is 9.90 Å². The van der Waals surface area contributed by atoms with Crippen LogP contribution in [0, 0.1) is 5.41 Å². The second-order valence-electron chi connectivity index (χ2n) is 7.89. The molecule has 0 bridgehead atoms. The van der Waals surface area contributed by atoms with Gasteiger partial charge in [-0.15, -0.1) is 0 Å². The summed E-state index contributed by atoms with van der Waals surface area (Å²) in [5.41, 5.74) is 8.63. The van der Waals surface area contributed by atoms with E-state index in [1.807, 2.05) is 0 Å². The normalized spacial score (nSPS) is 17.6. The minimum absolute atomic E-state index is 0.118. The highest BCUT2D eigenvalue weighted by molar-refractivity contribution is 5.99. The van der Waals surface area contributed by atoms with Crippen molar-refractivity contribution in [1.29, 1.82) is 0 Å². The Morgan fingerprint density at radius 1 is 1.41 bits per heavy atom. The fraction of sp³-hybridized carbons (Fsp3) is 0.524. The van der Waals surface area contributed by atoms with Gasteiger partial charge in [-0.2, -0.15) is 0 Å². The van der Waals surface area contributed by atoms with E-state index in [4.69, 9.17) is 20.2 Å². The van der Waals surface area contributed by atoms with Crippen LogP contribution in [0.5, 0.6) is 0 Å². The van der Waals surface area contributed by atoms with Crippen molar-refractivity contribution in [3.63, 3.8) is 0 Å². The number of hydrogen-bond donors (Lipinski definition) is 2. The molecular weight excluding hydrogens is 372 g/mol. The van der Waals surface area contributed by atoms with E-state index in [0.29, 0.717) is 48.5 Å². The molecule has 0 aromatic carbocycles. The zero-order chi connectivity index (χ0) is 21.0. The first kappa shape index (κ1) is 21.3. The Balaban J connectivity index is 2.28. The summed E-state index contributed by atoms with van der Waals surface area (Å²) >= 11 is 0. The number of pyridine rings is 1. The second kappa shape index (κ2) is 8.94. The highest BCUT2D eigenvalue weighted by Gasteiger charge is 2.37. The summed E-state index contributed by atoms with van der Waals surface area (Å²) in [6, 6.07) is 1.72. The Hall–Kier alpha value is -2.42. The van der Waals surface area contributed by atoms with E-state index < -0.39 is 12.1 Å². The van der Waals surface area contributed by atoms with Crippen molar-refractivity contribution in [2.75, 3.05) is 19.8 Å². The Labute approximate surface area is 170 Å². The SMILES string of the molecule is CCOC(=O)c1c(COCCN)nc2c(c1-c1ccncn1)C(O)CC(C)(C)C2. The molecule has 3 rings (SSSR count). The zero-order valence-corrected chi connectivity index (χ0v) is 17.1. The molecule has 0 fully saturated rings.